The van der Waals surface area contributed by atoms with Crippen molar-refractivity contribution in [3.8, 4) is 0 Å². The molecular weight excluding hydrogens is 375 g/mol. The Morgan fingerprint density at radius 2 is 2.07 bits per heavy atom. The van der Waals surface area contributed by atoms with Crippen LogP contribution in [0.2, 0.25) is 0 Å². The lowest BCUT2D eigenvalue weighted by molar-refractivity contribution is 0.136. The minimum Gasteiger partial charge on any atom is -0.445 e. The van der Waals surface area contributed by atoms with Crippen molar-refractivity contribution in [1.29, 1.82) is 0 Å². The second-order valence-electron chi connectivity index (χ2n) is 6.77. The van der Waals surface area contributed by atoms with Gasteiger partial charge in [-0.1, -0.05) is 42.5 Å². The Hall–Kier alpha value is -2.43. The molecule has 28 heavy (non-hydrogen) atoms. The van der Waals surface area contributed by atoms with Crippen LogP contribution in [0.1, 0.15) is 24.5 Å². The summed E-state index contributed by atoms with van der Waals surface area (Å²) in [4.78, 5) is 16.6. The van der Waals surface area contributed by atoms with Crippen LogP contribution < -0.4 is 5.32 Å². The number of nitrogens with one attached hydrogen (secondary N) is 1. The van der Waals surface area contributed by atoms with Gasteiger partial charge < -0.3 is 14.6 Å². The summed E-state index contributed by atoms with van der Waals surface area (Å²) in [5.74, 6) is -0.133. The zero-order valence-corrected chi connectivity index (χ0v) is 16.8. The van der Waals surface area contributed by atoms with E-state index in [1.54, 1.807) is 31.5 Å². The van der Waals surface area contributed by atoms with Crippen LogP contribution in [0.3, 0.4) is 0 Å². The Labute approximate surface area is 165 Å². The number of pyridine rings is 1. The monoisotopic (exact) mass is 400 g/mol. The molecule has 6 nitrogen and oxygen atoms in total. The number of hydrogen-bond donors (Lipinski definition) is 1. The second kappa shape index (κ2) is 8.72. The fraction of sp³-hybridized carbons (Fsp3) is 0.333. The van der Waals surface area contributed by atoms with Crippen molar-refractivity contribution in [2.45, 2.75) is 31.4 Å². The van der Waals surface area contributed by atoms with Gasteiger partial charge in [0.15, 0.2) is 0 Å². The van der Waals surface area contributed by atoms with Gasteiger partial charge in [0.25, 0.3) is 0 Å². The molecule has 0 unspecified atom stereocenters. The highest BCUT2D eigenvalue weighted by molar-refractivity contribution is 7.60. The molecule has 1 aromatic carbocycles. The lowest BCUT2D eigenvalue weighted by atomic mass is 10.2. The molecule has 1 N–H and O–H groups in total. The number of carbonyl (C=O) groups excluding carboxylic acids is 1. The summed E-state index contributed by atoms with van der Waals surface area (Å²) in [6.07, 6.45) is 5.13. The summed E-state index contributed by atoms with van der Waals surface area (Å²) < 4.78 is 25.0. The largest absolute Gasteiger partial charge is 0.445 e. The van der Waals surface area contributed by atoms with Crippen LogP contribution in [-0.4, -0.2) is 23.0 Å². The fourth-order valence-electron chi connectivity index (χ4n) is 3.35. The SMILES string of the molecule is C=C[C@@H]1C[C@]1(NC(=O)OCc1ccccc1)[P@](=O)(Cc1cccnc1)OCC. The molecule has 3 atom stereocenters. The fourth-order valence-corrected chi connectivity index (χ4v) is 6.39. The van der Waals surface area contributed by atoms with Crippen molar-refractivity contribution in [2.75, 3.05) is 6.61 Å². The Morgan fingerprint density at radius 3 is 2.68 bits per heavy atom. The lowest BCUT2D eigenvalue weighted by Crippen LogP contribution is -2.39. The van der Waals surface area contributed by atoms with Crippen molar-refractivity contribution >= 4 is 13.5 Å². The highest BCUT2D eigenvalue weighted by Gasteiger charge is 2.66. The maximum atomic E-state index is 13.9. The number of hydrogen-bond acceptors (Lipinski definition) is 5. The molecule has 7 heteroatoms. The van der Waals surface area contributed by atoms with Crippen molar-refractivity contribution in [3.05, 3.63) is 78.6 Å². The number of nitrogens with zero attached hydrogens (tertiary/aromatic N) is 1. The summed E-state index contributed by atoms with van der Waals surface area (Å²) in [7, 11) is -3.28. The van der Waals surface area contributed by atoms with Crippen LogP contribution in [0.15, 0.2) is 67.5 Å². The van der Waals surface area contributed by atoms with E-state index < -0.39 is 18.7 Å². The summed E-state index contributed by atoms with van der Waals surface area (Å²) >= 11 is 0. The number of carbonyl (C=O) groups is 1. The molecule has 1 aliphatic carbocycles. The van der Waals surface area contributed by atoms with Gasteiger partial charge in [-0.3, -0.25) is 9.55 Å². The van der Waals surface area contributed by atoms with Crippen LogP contribution in [0.5, 0.6) is 0 Å². The van der Waals surface area contributed by atoms with E-state index in [0.717, 1.165) is 11.1 Å². The van der Waals surface area contributed by atoms with Crippen LogP contribution in [0, 0.1) is 5.92 Å². The number of benzene rings is 1. The highest BCUT2D eigenvalue weighted by atomic mass is 31.2. The summed E-state index contributed by atoms with van der Waals surface area (Å²) in [5.41, 5.74) is 1.68. The molecule has 0 spiro atoms. The molecule has 148 valence electrons. The molecule has 3 rings (SSSR count). The first-order valence-corrected chi connectivity index (χ1v) is 11.1. The highest BCUT2D eigenvalue weighted by Crippen LogP contribution is 2.73. The van der Waals surface area contributed by atoms with Crippen LogP contribution >= 0.6 is 7.37 Å². The normalized spacial score (nSPS) is 22.7. The quantitative estimate of drug-likeness (QED) is 0.487. The first-order chi connectivity index (χ1) is 13.5. The van der Waals surface area contributed by atoms with Gasteiger partial charge in [-0.2, -0.15) is 0 Å². The van der Waals surface area contributed by atoms with E-state index in [-0.39, 0.29) is 25.3 Å². The smallest absolute Gasteiger partial charge is 0.408 e. The molecular formula is C21H25N2O4P. The molecule has 0 aliphatic heterocycles. The molecule has 2 aromatic rings. The van der Waals surface area contributed by atoms with E-state index in [9.17, 15) is 9.36 Å². The first-order valence-electron chi connectivity index (χ1n) is 9.27. The van der Waals surface area contributed by atoms with Gasteiger partial charge in [-0.25, -0.2) is 4.79 Å². The topological polar surface area (TPSA) is 77.5 Å². The number of alkyl carbamates (subject to hydrolysis) is 1. The Balaban J connectivity index is 1.76. The predicted octanol–water partition coefficient (Wildman–Crippen LogP) is 4.72. The van der Waals surface area contributed by atoms with Gasteiger partial charge in [0.1, 0.15) is 11.9 Å². The number of rotatable bonds is 9. The predicted molar refractivity (Wildman–Crippen MR) is 108 cm³/mol. The Kier molecular flexibility index (Phi) is 6.32. The van der Waals surface area contributed by atoms with Crippen LogP contribution in [0.25, 0.3) is 0 Å². The molecule has 0 saturated heterocycles. The van der Waals surface area contributed by atoms with Crippen molar-refractivity contribution in [1.82, 2.24) is 10.3 Å². The van der Waals surface area contributed by atoms with Gasteiger partial charge in [0.2, 0.25) is 7.37 Å². The summed E-state index contributed by atoms with van der Waals surface area (Å²) in [6.45, 7) is 6.04. The zero-order chi connectivity index (χ0) is 20.0. The number of aromatic nitrogens is 1. The molecule has 0 bridgehead atoms. The van der Waals surface area contributed by atoms with E-state index in [2.05, 4.69) is 16.9 Å². The maximum absolute atomic E-state index is 13.9. The molecule has 1 fully saturated rings. The third kappa shape index (κ3) is 4.34. The van der Waals surface area contributed by atoms with E-state index in [1.165, 1.54) is 0 Å². The molecule has 1 saturated carbocycles. The van der Waals surface area contributed by atoms with Gasteiger partial charge in [-0.15, -0.1) is 6.58 Å². The second-order valence-corrected chi connectivity index (χ2v) is 9.49. The van der Waals surface area contributed by atoms with E-state index >= 15 is 0 Å². The Morgan fingerprint density at radius 1 is 1.32 bits per heavy atom. The number of amides is 1. The molecule has 1 heterocycles. The van der Waals surface area contributed by atoms with Gasteiger partial charge >= 0.3 is 6.09 Å². The van der Waals surface area contributed by atoms with E-state index in [4.69, 9.17) is 9.26 Å². The van der Waals surface area contributed by atoms with Crippen LogP contribution in [-0.2, 0) is 26.6 Å². The number of ether oxygens (including phenoxy) is 1. The molecule has 1 aliphatic rings. The van der Waals surface area contributed by atoms with Gasteiger partial charge in [-0.05, 0) is 30.5 Å². The summed E-state index contributed by atoms with van der Waals surface area (Å²) in [5, 5.41) is 1.85. The third-order valence-electron chi connectivity index (χ3n) is 4.86. The van der Waals surface area contributed by atoms with Crippen molar-refractivity contribution in [3.63, 3.8) is 0 Å². The average molecular weight is 400 g/mol. The van der Waals surface area contributed by atoms with Crippen molar-refractivity contribution < 1.29 is 18.6 Å². The van der Waals surface area contributed by atoms with E-state index in [1.807, 2.05) is 36.4 Å². The maximum Gasteiger partial charge on any atom is 0.408 e. The van der Waals surface area contributed by atoms with E-state index in [0.29, 0.717) is 6.42 Å². The molecule has 0 radical (unpaired) electrons. The lowest BCUT2D eigenvalue weighted by Gasteiger charge is -2.29. The molecule has 1 aromatic heterocycles. The van der Waals surface area contributed by atoms with Gasteiger partial charge in [0.05, 0.1) is 12.8 Å². The average Bonchev–Trinajstić information content (AvgIpc) is 3.43. The van der Waals surface area contributed by atoms with Crippen LogP contribution in [0.4, 0.5) is 4.79 Å². The minimum atomic E-state index is -3.28. The third-order valence-corrected chi connectivity index (χ3v) is 8.16. The van der Waals surface area contributed by atoms with Crippen molar-refractivity contribution in [2.24, 2.45) is 5.92 Å². The Bertz CT molecular complexity index is 859. The summed E-state index contributed by atoms with van der Waals surface area (Å²) in [6, 6.07) is 13.0. The molecule has 1 amide bonds. The first kappa shape index (κ1) is 20.3. The minimum absolute atomic E-state index is 0.133. The zero-order valence-electron chi connectivity index (χ0n) is 15.9. The van der Waals surface area contributed by atoms with Gasteiger partial charge in [0, 0.05) is 18.3 Å². The standard InChI is InChI=1S/C21H25N2O4P/c1-3-19-13-21(19,23-20(24)26-15-17-9-6-5-7-10-17)28(25,27-4-2)16-18-11-8-12-22-14-18/h3,5-12,14,19H,1,4,13,15-16H2,2H3,(H,23,24)/t19-,21+,28+/m1/s1.